The van der Waals surface area contributed by atoms with Gasteiger partial charge in [-0.1, -0.05) is 53.0 Å². The van der Waals surface area contributed by atoms with Gasteiger partial charge in [-0.05, 0) is 47.7 Å². The largest absolute Gasteiger partial charge is 0.300 e. The number of nitrogens with zero attached hydrogens (tertiary/aromatic N) is 1. The lowest BCUT2D eigenvalue weighted by Gasteiger charge is -1.99. The number of thioether (sulfide) groups is 1. The van der Waals surface area contributed by atoms with Crippen LogP contribution in [0.5, 0.6) is 0 Å². The van der Waals surface area contributed by atoms with Crippen LogP contribution in [0.3, 0.4) is 0 Å². The predicted octanol–water partition coefficient (Wildman–Crippen LogP) is 5.54. The van der Waals surface area contributed by atoms with Crippen molar-refractivity contribution in [1.29, 1.82) is 0 Å². The van der Waals surface area contributed by atoms with Crippen LogP contribution in [0.25, 0.3) is 6.08 Å². The molecule has 0 aromatic heterocycles. The highest BCUT2D eigenvalue weighted by molar-refractivity contribution is 8.18. The summed E-state index contributed by atoms with van der Waals surface area (Å²) < 4.78 is 0. The first-order chi connectivity index (χ1) is 11.0. The first-order valence-electron chi connectivity index (χ1n) is 6.52. The second-order valence-electron chi connectivity index (χ2n) is 4.61. The summed E-state index contributed by atoms with van der Waals surface area (Å²) in [5.41, 5.74) is 1.39. The lowest BCUT2D eigenvalue weighted by molar-refractivity contribution is -0.115. The fourth-order valence-corrected chi connectivity index (χ4v) is 3.21. The van der Waals surface area contributed by atoms with Crippen LogP contribution in [-0.4, -0.2) is 11.1 Å². The molecular formula is C16H9Cl3N2OS. The Labute approximate surface area is 152 Å². The van der Waals surface area contributed by atoms with Gasteiger partial charge in [-0.2, -0.15) is 0 Å². The number of hydrogen-bond acceptors (Lipinski definition) is 3. The number of aliphatic imine (C=N–C) groups is 1. The maximum absolute atomic E-state index is 12.0. The summed E-state index contributed by atoms with van der Waals surface area (Å²) in [5.74, 6) is -0.216. The molecule has 1 N–H and O–H groups in total. The molecule has 2 aromatic carbocycles. The number of carbonyl (C=O) groups excluding carboxylic acids is 1. The van der Waals surface area contributed by atoms with Crippen LogP contribution in [0.4, 0.5) is 5.69 Å². The molecule has 1 heterocycles. The van der Waals surface area contributed by atoms with Gasteiger partial charge in [-0.15, -0.1) is 0 Å². The van der Waals surface area contributed by atoms with Crippen molar-refractivity contribution >= 4 is 69.4 Å². The van der Waals surface area contributed by atoms with E-state index in [-0.39, 0.29) is 5.91 Å². The fourth-order valence-electron chi connectivity index (χ4n) is 1.89. The van der Waals surface area contributed by atoms with Crippen LogP contribution < -0.4 is 5.32 Å². The van der Waals surface area contributed by atoms with Crippen LogP contribution >= 0.6 is 46.6 Å². The normalized spacial score (nSPS) is 17.8. The first kappa shape index (κ1) is 16.4. The number of carbonyl (C=O) groups is 1. The molecule has 0 aliphatic carbocycles. The van der Waals surface area contributed by atoms with Gasteiger partial charge in [-0.25, -0.2) is 4.99 Å². The van der Waals surface area contributed by atoms with Gasteiger partial charge < -0.3 is 5.32 Å². The van der Waals surface area contributed by atoms with Gasteiger partial charge in [0.05, 0.1) is 25.7 Å². The molecule has 2 aromatic rings. The van der Waals surface area contributed by atoms with Gasteiger partial charge in [-0.3, -0.25) is 4.79 Å². The van der Waals surface area contributed by atoms with Crippen molar-refractivity contribution < 1.29 is 4.79 Å². The average Bonchev–Trinajstić information content (AvgIpc) is 2.85. The zero-order valence-electron chi connectivity index (χ0n) is 11.5. The third-order valence-electron chi connectivity index (χ3n) is 2.97. The van der Waals surface area contributed by atoms with Gasteiger partial charge in [0.2, 0.25) is 0 Å². The highest BCUT2D eigenvalue weighted by atomic mass is 35.5. The van der Waals surface area contributed by atoms with Crippen molar-refractivity contribution in [2.45, 2.75) is 0 Å². The number of benzene rings is 2. The Morgan fingerprint density at radius 3 is 2.52 bits per heavy atom. The van der Waals surface area contributed by atoms with Crippen molar-refractivity contribution in [2.75, 3.05) is 0 Å². The SMILES string of the molecule is O=C1NC(=Nc2ccccc2Cl)SC1=Cc1ccc(Cl)c(Cl)c1. The minimum atomic E-state index is -0.216. The topological polar surface area (TPSA) is 41.5 Å². The number of rotatable bonds is 2. The summed E-state index contributed by atoms with van der Waals surface area (Å²) in [6.07, 6.45) is 1.73. The molecule has 0 saturated carbocycles. The molecule has 7 heteroatoms. The number of amidine groups is 1. The van der Waals surface area contributed by atoms with Gasteiger partial charge >= 0.3 is 0 Å². The molecule has 3 nitrogen and oxygen atoms in total. The zero-order valence-corrected chi connectivity index (χ0v) is 14.6. The van der Waals surface area contributed by atoms with Gasteiger partial charge in [0, 0.05) is 0 Å². The van der Waals surface area contributed by atoms with Crippen molar-refractivity contribution in [3.8, 4) is 0 Å². The average molecular weight is 384 g/mol. The van der Waals surface area contributed by atoms with E-state index in [1.54, 1.807) is 36.4 Å². The molecule has 0 bridgehead atoms. The Morgan fingerprint density at radius 1 is 1.00 bits per heavy atom. The summed E-state index contributed by atoms with van der Waals surface area (Å²) in [4.78, 5) is 16.9. The van der Waals surface area contributed by atoms with E-state index in [2.05, 4.69) is 10.3 Å². The molecule has 1 saturated heterocycles. The summed E-state index contributed by atoms with van der Waals surface area (Å²) in [5, 5.41) is 4.63. The molecule has 23 heavy (non-hydrogen) atoms. The number of amides is 1. The Kier molecular flexibility index (Phi) is 4.97. The molecule has 1 aliphatic heterocycles. The summed E-state index contributed by atoms with van der Waals surface area (Å²) >= 11 is 19.2. The summed E-state index contributed by atoms with van der Waals surface area (Å²) in [6, 6.07) is 12.4. The standard InChI is InChI=1S/C16H9Cl3N2OS/c17-10-6-5-9(7-12(10)19)8-14-15(22)21-16(23-14)20-13-4-2-1-3-11(13)18/h1-8H,(H,20,21,22). The van der Waals surface area contributed by atoms with E-state index >= 15 is 0 Å². The molecule has 1 amide bonds. The van der Waals surface area contributed by atoms with Crippen molar-refractivity contribution in [1.82, 2.24) is 5.32 Å². The number of para-hydroxylation sites is 1. The number of hydrogen-bond donors (Lipinski definition) is 1. The number of halogens is 3. The third kappa shape index (κ3) is 3.90. The minimum absolute atomic E-state index is 0.216. The molecule has 1 fully saturated rings. The monoisotopic (exact) mass is 382 g/mol. The van der Waals surface area contributed by atoms with Crippen LogP contribution in [0, 0.1) is 0 Å². The second kappa shape index (κ2) is 6.97. The molecule has 0 atom stereocenters. The van der Waals surface area contributed by atoms with E-state index in [0.29, 0.717) is 30.8 Å². The van der Waals surface area contributed by atoms with E-state index < -0.39 is 0 Å². The van der Waals surface area contributed by atoms with Crippen LogP contribution in [-0.2, 0) is 4.79 Å². The van der Waals surface area contributed by atoms with E-state index in [0.717, 1.165) is 5.56 Å². The summed E-state index contributed by atoms with van der Waals surface area (Å²) in [7, 11) is 0. The van der Waals surface area contributed by atoms with Gasteiger partial charge in [0.15, 0.2) is 5.17 Å². The smallest absolute Gasteiger partial charge is 0.264 e. The van der Waals surface area contributed by atoms with Crippen molar-refractivity contribution in [3.05, 3.63) is 68.0 Å². The van der Waals surface area contributed by atoms with Crippen molar-refractivity contribution in [2.24, 2.45) is 4.99 Å². The van der Waals surface area contributed by atoms with E-state index in [9.17, 15) is 4.79 Å². The van der Waals surface area contributed by atoms with Crippen molar-refractivity contribution in [3.63, 3.8) is 0 Å². The van der Waals surface area contributed by atoms with Crippen LogP contribution in [0.15, 0.2) is 52.4 Å². The van der Waals surface area contributed by atoms with Gasteiger partial charge in [0.25, 0.3) is 5.91 Å². The van der Waals surface area contributed by atoms with E-state index in [4.69, 9.17) is 34.8 Å². The molecule has 0 spiro atoms. The zero-order chi connectivity index (χ0) is 16.4. The number of nitrogens with one attached hydrogen (secondary N) is 1. The quantitative estimate of drug-likeness (QED) is 0.692. The molecule has 1 aliphatic rings. The van der Waals surface area contributed by atoms with E-state index in [1.165, 1.54) is 11.8 Å². The van der Waals surface area contributed by atoms with Gasteiger partial charge in [0.1, 0.15) is 0 Å². The third-order valence-corrected chi connectivity index (χ3v) is 4.94. The Bertz CT molecular complexity index is 849. The highest BCUT2D eigenvalue weighted by Gasteiger charge is 2.24. The van der Waals surface area contributed by atoms with Crippen LogP contribution in [0.1, 0.15) is 5.56 Å². The fraction of sp³-hybridized carbons (Fsp3) is 0. The molecule has 0 radical (unpaired) electrons. The molecule has 0 unspecified atom stereocenters. The Hall–Kier alpha value is -1.46. The Morgan fingerprint density at radius 2 is 1.78 bits per heavy atom. The first-order valence-corrected chi connectivity index (χ1v) is 8.47. The second-order valence-corrected chi connectivity index (χ2v) is 6.86. The minimum Gasteiger partial charge on any atom is -0.300 e. The van der Waals surface area contributed by atoms with Crippen LogP contribution in [0.2, 0.25) is 15.1 Å². The Balaban J connectivity index is 1.86. The predicted molar refractivity (Wildman–Crippen MR) is 98.7 cm³/mol. The molecule has 3 rings (SSSR count). The van der Waals surface area contributed by atoms with E-state index in [1.807, 2.05) is 12.1 Å². The lowest BCUT2D eigenvalue weighted by atomic mass is 10.2. The molecular weight excluding hydrogens is 375 g/mol. The maximum Gasteiger partial charge on any atom is 0.264 e. The summed E-state index contributed by atoms with van der Waals surface area (Å²) in [6.45, 7) is 0. The molecule has 116 valence electrons. The lowest BCUT2D eigenvalue weighted by Crippen LogP contribution is -2.19. The maximum atomic E-state index is 12.0. The highest BCUT2D eigenvalue weighted by Crippen LogP contribution is 2.31.